The van der Waals surface area contributed by atoms with Crippen LogP contribution in [0, 0.1) is 0 Å². The van der Waals surface area contributed by atoms with Crippen LogP contribution in [0.1, 0.15) is 6.92 Å². The summed E-state index contributed by atoms with van der Waals surface area (Å²) in [5.74, 6) is 0. The van der Waals surface area contributed by atoms with Crippen LogP contribution in [-0.4, -0.2) is 52.1 Å². The average molecular weight is 176 g/mol. The van der Waals surface area contributed by atoms with Crippen LogP contribution >= 0.6 is 0 Å². The Hall–Kier alpha value is -0.490. The zero-order valence-corrected chi connectivity index (χ0v) is 6.62. The van der Waals surface area contributed by atoms with Gasteiger partial charge in [0.05, 0.1) is 6.10 Å². The lowest BCUT2D eigenvalue weighted by Gasteiger charge is -2.36. The molecule has 0 aromatic carbocycles. The molecule has 0 bridgehead atoms. The third-order valence-electron chi connectivity index (χ3n) is 2.02. The molecule has 1 fully saturated rings. The minimum Gasteiger partial charge on any atom is -0.388 e. The monoisotopic (exact) mass is 176 g/mol. The van der Waals surface area contributed by atoms with Gasteiger partial charge in [-0.3, -0.25) is 0 Å². The third-order valence-corrected chi connectivity index (χ3v) is 2.02. The molecule has 70 valence electrons. The first kappa shape index (κ1) is 9.60. The van der Waals surface area contributed by atoms with Crippen molar-refractivity contribution >= 4 is 6.29 Å². The number of carbonyl (C=O) groups excluding carboxylic acids is 1. The van der Waals surface area contributed by atoms with Crippen molar-refractivity contribution in [2.24, 2.45) is 0 Å². The molecule has 1 saturated heterocycles. The largest absolute Gasteiger partial charge is 0.388 e. The lowest BCUT2D eigenvalue weighted by Crippen LogP contribution is -2.57. The highest BCUT2D eigenvalue weighted by Crippen LogP contribution is 2.19. The number of aliphatic hydroxyl groups excluding tert-OH is 3. The smallest absolute Gasteiger partial charge is 0.151 e. The quantitative estimate of drug-likeness (QED) is 0.404. The van der Waals surface area contributed by atoms with Crippen molar-refractivity contribution in [3.05, 3.63) is 0 Å². The van der Waals surface area contributed by atoms with Gasteiger partial charge in [-0.25, -0.2) is 0 Å². The van der Waals surface area contributed by atoms with Gasteiger partial charge in [-0.1, -0.05) is 0 Å². The van der Waals surface area contributed by atoms with Crippen molar-refractivity contribution < 1.29 is 24.9 Å². The van der Waals surface area contributed by atoms with Crippen LogP contribution in [0.3, 0.4) is 0 Å². The maximum absolute atomic E-state index is 10.3. The molecule has 0 aromatic heterocycles. The van der Waals surface area contributed by atoms with E-state index >= 15 is 0 Å². The lowest BCUT2D eigenvalue weighted by atomic mass is 9.96. The van der Waals surface area contributed by atoms with Gasteiger partial charge in [0.25, 0.3) is 0 Å². The normalized spacial score (nSPS) is 48.8. The zero-order valence-electron chi connectivity index (χ0n) is 6.62. The predicted octanol–water partition coefficient (Wildman–Crippen LogP) is -1.94. The second-order valence-electron chi connectivity index (χ2n) is 2.91. The zero-order chi connectivity index (χ0) is 9.30. The van der Waals surface area contributed by atoms with Gasteiger partial charge in [-0.2, -0.15) is 0 Å². The molecule has 12 heavy (non-hydrogen) atoms. The molecule has 5 unspecified atom stereocenters. The Balaban J connectivity index is 2.70. The molecule has 0 aliphatic carbocycles. The molecular formula is C7H12O5. The summed E-state index contributed by atoms with van der Waals surface area (Å²) < 4.78 is 4.90. The Morgan fingerprint density at radius 3 is 2.25 bits per heavy atom. The second-order valence-corrected chi connectivity index (χ2v) is 2.91. The molecular weight excluding hydrogens is 164 g/mol. The first-order valence-corrected chi connectivity index (χ1v) is 3.73. The molecule has 0 saturated carbocycles. The van der Waals surface area contributed by atoms with E-state index in [4.69, 9.17) is 9.84 Å². The molecule has 1 heterocycles. The number of ether oxygens (including phenoxy) is 1. The maximum atomic E-state index is 10.3. The summed E-state index contributed by atoms with van der Waals surface area (Å²) in [6.07, 6.45) is -5.07. The fraction of sp³-hybridized carbons (Fsp3) is 0.857. The van der Waals surface area contributed by atoms with Crippen molar-refractivity contribution in [3.63, 3.8) is 0 Å². The third kappa shape index (κ3) is 1.49. The second kappa shape index (κ2) is 3.49. The highest BCUT2D eigenvalue weighted by atomic mass is 16.5. The van der Waals surface area contributed by atoms with E-state index in [0.29, 0.717) is 6.29 Å². The average Bonchev–Trinajstić information content (AvgIpc) is 2.08. The summed E-state index contributed by atoms with van der Waals surface area (Å²) in [5, 5.41) is 27.5. The summed E-state index contributed by atoms with van der Waals surface area (Å²) in [5.41, 5.74) is 0. The van der Waals surface area contributed by atoms with Crippen LogP contribution in [0.4, 0.5) is 0 Å². The minimum absolute atomic E-state index is 0.413. The summed E-state index contributed by atoms with van der Waals surface area (Å²) >= 11 is 0. The van der Waals surface area contributed by atoms with E-state index in [1.54, 1.807) is 0 Å². The van der Waals surface area contributed by atoms with Gasteiger partial charge in [0, 0.05) is 0 Å². The Labute approximate surface area is 69.6 Å². The topological polar surface area (TPSA) is 87.0 Å². The van der Waals surface area contributed by atoms with E-state index in [2.05, 4.69) is 0 Å². The molecule has 5 atom stereocenters. The fourth-order valence-corrected chi connectivity index (χ4v) is 1.20. The first-order valence-electron chi connectivity index (χ1n) is 3.73. The Morgan fingerprint density at radius 2 is 1.75 bits per heavy atom. The van der Waals surface area contributed by atoms with Gasteiger partial charge in [-0.15, -0.1) is 0 Å². The van der Waals surface area contributed by atoms with Crippen molar-refractivity contribution in [1.29, 1.82) is 0 Å². The summed E-state index contributed by atoms with van der Waals surface area (Å²) in [4.78, 5) is 10.3. The molecule has 1 aliphatic heterocycles. The van der Waals surface area contributed by atoms with Gasteiger partial charge in [-0.05, 0) is 6.92 Å². The summed E-state index contributed by atoms with van der Waals surface area (Å²) in [7, 11) is 0. The Kier molecular flexibility index (Phi) is 2.79. The van der Waals surface area contributed by atoms with E-state index in [-0.39, 0.29) is 0 Å². The number of hydrogen-bond donors (Lipinski definition) is 3. The lowest BCUT2D eigenvalue weighted by molar-refractivity contribution is -0.210. The van der Waals surface area contributed by atoms with Crippen LogP contribution in [-0.2, 0) is 9.53 Å². The van der Waals surface area contributed by atoms with Crippen molar-refractivity contribution in [2.45, 2.75) is 37.4 Å². The minimum atomic E-state index is -1.34. The number of aldehydes is 1. The molecule has 0 aromatic rings. The van der Waals surface area contributed by atoms with E-state index in [0.717, 1.165) is 0 Å². The SMILES string of the molecule is CC1OC(C=O)C(O)C(O)C1O. The molecule has 0 amide bonds. The van der Waals surface area contributed by atoms with Crippen molar-refractivity contribution in [3.8, 4) is 0 Å². The van der Waals surface area contributed by atoms with E-state index in [1.165, 1.54) is 6.92 Å². The number of aliphatic hydroxyl groups is 3. The Morgan fingerprint density at radius 1 is 1.17 bits per heavy atom. The van der Waals surface area contributed by atoms with Crippen LogP contribution < -0.4 is 0 Å². The highest BCUT2D eigenvalue weighted by Gasteiger charge is 2.41. The molecule has 3 N–H and O–H groups in total. The van der Waals surface area contributed by atoms with Crippen molar-refractivity contribution in [2.75, 3.05) is 0 Å². The standard InChI is InChI=1S/C7H12O5/c1-3-5(9)7(11)6(10)4(2-8)12-3/h2-7,9-11H,1H3. The molecule has 0 spiro atoms. The predicted molar refractivity (Wildman–Crippen MR) is 38.4 cm³/mol. The summed E-state index contributed by atoms with van der Waals surface area (Å²) in [6, 6.07) is 0. The van der Waals surface area contributed by atoms with Gasteiger partial charge >= 0.3 is 0 Å². The number of hydrogen-bond acceptors (Lipinski definition) is 5. The van der Waals surface area contributed by atoms with Gasteiger partial charge in [0.15, 0.2) is 6.29 Å². The van der Waals surface area contributed by atoms with Gasteiger partial charge in [0.2, 0.25) is 0 Å². The van der Waals surface area contributed by atoms with Crippen molar-refractivity contribution in [1.82, 2.24) is 0 Å². The number of rotatable bonds is 1. The number of carbonyl (C=O) groups is 1. The Bertz CT molecular complexity index is 171. The molecule has 0 radical (unpaired) electrons. The van der Waals surface area contributed by atoms with E-state index in [1.807, 2.05) is 0 Å². The molecule has 5 nitrogen and oxygen atoms in total. The van der Waals surface area contributed by atoms with Crippen LogP contribution in [0.25, 0.3) is 0 Å². The summed E-state index contributed by atoms with van der Waals surface area (Å²) in [6.45, 7) is 1.52. The molecule has 1 rings (SSSR count). The van der Waals surface area contributed by atoms with Crippen LogP contribution in [0.15, 0.2) is 0 Å². The first-order chi connectivity index (χ1) is 5.57. The van der Waals surface area contributed by atoms with E-state index in [9.17, 15) is 15.0 Å². The van der Waals surface area contributed by atoms with Gasteiger partial charge in [0.1, 0.15) is 24.4 Å². The molecule has 5 heteroatoms. The van der Waals surface area contributed by atoms with Crippen LogP contribution in [0.5, 0.6) is 0 Å². The van der Waals surface area contributed by atoms with E-state index < -0.39 is 30.5 Å². The fourth-order valence-electron chi connectivity index (χ4n) is 1.20. The van der Waals surface area contributed by atoms with Crippen LogP contribution in [0.2, 0.25) is 0 Å². The highest BCUT2D eigenvalue weighted by molar-refractivity contribution is 5.57. The maximum Gasteiger partial charge on any atom is 0.151 e. The van der Waals surface area contributed by atoms with Gasteiger partial charge < -0.3 is 24.9 Å². The molecule has 1 aliphatic rings.